The second-order valence-electron chi connectivity index (χ2n) is 13.2. The van der Waals surface area contributed by atoms with Crippen molar-refractivity contribution in [2.24, 2.45) is 0 Å². The lowest BCUT2D eigenvalue weighted by molar-refractivity contribution is -0.156. The van der Waals surface area contributed by atoms with E-state index in [1.165, 1.54) is 71.3 Å². The standard InChI is InChI=1S/C43H57NO7/c1-3-4-5-6-7-8-9-10-11-12-13-14-15-16-26-33-38(51-41(47)37-31-24-19-25-32-37)43(42(48)49-2,44-39(45)35-27-20-17-21-28-35)34-50-40(46)36-29-22-18-23-30-36/h17-25,27-32,38H,3-16,26,33-34H2,1-2H3,(H,44,45)/t38-,43+/m1/s1. The zero-order valence-electron chi connectivity index (χ0n) is 30.6. The number of methoxy groups -OCH3 is 1. The fourth-order valence-electron chi connectivity index (χ4n) is 6.21. The van der Waals surface area contributed by atoms with Gasteiger partial charge < -0.3 is 19.5 Å². The van der Waals surface area contributed by atoms with Crippen LogP contribution in [0.1, 0.15) is 141 Å². The number of ether oxygens (including phenoxy) is 3. The monoisotopic (exact) mass is 699 g/mol. The second-order valence-corrected chi connectivity index (χ2v) is 13.2. The topological polar surface area (TPSA) is 108 Å². The van der Waals surface area contributed by atoms with Gasteiger partial charge in [0, 0.05) is 5.56 Å². The third-order valence-electron chi connectivity index (χ3n) is 9.24. The third kappa shape index (κ3) is 14.4. The van der Waals surface area contributed by atoms with E-state index in [1.54, 1.807) is 91.0 Å². The molecule has 0 spiro atoms. The number of carbonyl (C=O) groups is 4. The minimum absolute atomic E-state index is 0.226. The number of carbonyl (C=O) groups excluding carboxylic acids is 4. The highest BCUT2D eigenvalue weighted by Gasteiger charge is 2.52. The largest absolute Gasteiger partial charge is 0.467 e. The van der Waals surface area contributed by atoms with E-state index in [9.17, 15) is 19.2 Å². The Morgan fingerprint density at radius 2 is 0.980 bits per heavy atom. The molecule has 0 radical (unpaired) electrons. The van der Waals surface area contributed by atoms with Crippen LogP contribution in [0.15, 0.2) is 91.0 Å². The lowest BCUT2D eigenvalue weighted by atomic mass is 9.88. The average molecular weight is 700 g/mol. The predicted molar refractivity (Wildman–Crippen MR) is 201 cm³/mol. The summed E-state index contributed by atoms with van der Waals surface area (Å²) < 4.78 is 17.0. The Balaban J connectivity index is 1.72. The van der Waals surface area contributed by atoms with Crippen molar-refractivity contribution < 1.29 is 33.4 Å². The first-order chi connectivity index (χ1) is 24.9. The SMILES string of the molecule is CCCCCCCCCCCCCCCCC[C@@H](OC(=O)c1ccccc1)[C@](COC(=O)c1ccccc1)(NC(=O)c1ccccc1)C(=O)OC. The maximum atomic E-state index is 13.9. The summed E-state index contributed by atoms with van der Waals surface area (Å²) in [5.74, 6) is -2.86. The van der Waals surface area contributed by atoms with Crippen LogP contribution >= 0.6 is 0 Å². The van der Waals surface area contributed by atoms with Crippen LogP contribution in [0, 0.1) is 0 Å². The van der Waals surface area contributed by atoms with E-state index in [4.69, 9.17) is 14.2 Å². The van der Waals surface area contributed by atoms with E-state index in [0.717, 1.165) is 25.7 Å². The molecule has 2 atom stereocenters. The van der Waals surface area contributed by atoms with Gasteiger partial charge in [0.25, 0.3) is 5.91 Å². The zero-order chi connectivity index (χ0) is 36.6. The van der Waals surface area contributed by atoms with Gasteiger partial charge in [-0.3, -0.25) is 4.79 Å². The molecule has 0 aliphatic rings. The van der Waals surface area contributed by atoms with Gasteiger partial charge in [0.15, 0.2) is 0 Å². The number of hydrogen-bond donors (Lipinski definition) is 1. The van der Waals surface area contributed by atoms with E-state index < -0.39 is 42.1 Å². The van der Waals surface area contributed by atoms with E-state index in [-0.39, 0.29) is 23.1 Å². The fourth-order valence-corrected chi connectivity index (χ4v) is 6.21. The van der Waals surface area contributed by atoms with Gasteiger partial charge in [-0.15, -0.1) is 0 Å². The fraction of sp³-hybridized carbons (Fsp3) is 0.488. The molecule has 276 valence electrons. The molecule has 0 saturated carbocycles. The first-order valence-electron chi connectivity index (χ1n) is 18.9. The van der Waals surface area contributed by atoms with Gasteiger partial charge in [-0.1, -0.05) is 151 Å². The molecule has 3 aromatic carbocycles. The van der Waals surface area contributed by atoms with Gasteiger partial charge in [0.1, 0.15) is 12.7 Å². The van der Waals surface area contributed by atoms with Crippen molar-refractivity contribution in [2.45, 2.75) is 121 Å². The van der Waals surface area contributed by atoms with E-state index in [2.05, 4.69) is 12.2 Å². The van der Waals surface area contributed by atoms with Crippen LogP contribution < -0.4 is 5.32 Å². The number of unbranched alkanes of at least 4 members (excludes halogenated alkanes) is 14. The van der Waals surface area contributed by atoms with Crippen LogP contribution in [0.5, 0.6) is 0 Å². The second kappa shape index (κ2) is 23.9. The van der Waals surface area contributed by atoms with Crippen molar-refractivity contribution in [1.29, 1.82) is 0 Å². The van der Waals surface area contributed by atoms with Crippen molar-refractivity contribution >= 4 is 23.8 Å². The maximum absolute atomic E-state index is 13.9. The summed E-state index contributed by atoms with van der Waals surface area (Å²) in [6.45, 7) is 1.64. The molecule has 8 heteroatoms. The normalized spacial score (nSPS) is 12.7. The van der Waals surface area contributed by atoms with Crippen molar-refractivity contribution in [2.75, 3.05) is 13.7 Å². The number of nitrogens with one attached hydrogen (secondary N) is 1. The first kappa shape index (κ1) is 41.0. The molecule has 0 aliphatic carbocycles. The summed E-state index contributed by atoms with van der Waals surface area (Å²) in [4.78, 5) is 54.1. The summed E-state index contributed by atoms with van der Waals surface area (Å²) in [5.41, 5.74) is -1.20. The smallest absolute Gasteiger partial charge is 0.339 e. The van der Waals surface area contributed by atoms with Crippen molar-refractivity contribution in [1.82, 2.24) is 5.32 Å². The lowest BCUT2D eigenvalue weighted by Crippen LogP contribution is -2.66. The van der Waals surface area contributed by atoms with Crippen LogP contribution in [-0.2, 0) is 19.0 Å². The molecule has 1 N–H and O–H groups in total. The molecular formula is C43H57NO7. The molecule has 0 unspecified atom stereocenters. The first-order valence-corrected chi connectivity index (χ1v) is 18.9. The van der Waals surface area contributed by atoms with Gasteiger partial charge in [-0.2, -0.15) is 0 Å². The number of rotatable bonds is 25. The van der Waals surface area contributed by atoms with Crippen LogP contribution in [-0.4, -0.2) is 49.2 Å². The summed E-state index contributed by atoms with van der Waals surface area (Å²) in [6, 6.07) is 25.2. The minimum atomic E-state index is -2.04. The van der Waals surface area contributed by atoms with Crippen molar-refractivity contribution in [3.63, 3.8) is 0 Å². The molecule has 0 heterocycles. The quantitative estimate of drug-likeness (QED) is 0.0533. The number of hydrogen-bond acceptors (Lipinski definition) is 7. The van der Waals surface area contributed by atoms with Crippen molar-refractivity contribution in [3.8, 4) is 0 Å². The molecule has 3 rings (SSSR count). The van der Waals surface area contributed by atoms with Crippen LogP contribution in [0.25, 0.3) is 0 Å². The Bertz CT molecular complexity index is 1430. The van der Waals surface area contributed by atoms with Gasteiger partial charge in [0.2, 0.25) is 5.54 Å². The molecule has 0 bridgehead atoms. The predicted octanol–water partition coefficient (Wildman–Crippen LogP) is 9.67. The molecule has 0 aromatic heterocycles. The Labute approximate surface area is 304 Å². The van der Waals surface area contributed by atoms with Crippen molar-refractivity contribution in [3.05, 3.63) is 108 Å². The summed E-state index contributed by atoms with van der Waals surface area (Å²) in [6.07, 6.45) is 16.8. The minimum Gasteiger partial charge on any atom is -0.467 e. The molecule has 51 heavy (non-hydrogen) atoms. The molecule has 1 amide bonds. The molecule has 8 nitrogen and oxygen atoms in total. The van der Waals surface area contributed by atoms with Gasteiger partial charge in [0.05, 0.1) is 18.2 Å². The molecule has 0 fully saturated rings. The highest BCUT2D eigenvalue weighted by atomic mass is 16.6. The highest BCUT2D eigenvalue weighted by molar-refractivity contribution is 5.99. The number of amides is 1. The third-order valence-corrected chi connectivity index (χ3v) is 9.24. The van der Waals surface area contributed by atoms with Crippen LogP contribution in [0.4, 0.5) is 0 Å². The molecule has 0 saturated heterocycles. The Morgan fingerprint density at radius 3 is 1.43 bits per heavy atom. The molecular weight excluding hydrogens is 642 g/mol. The maximum Gasteiger partial charge on any atom is 0.339 e. The van der Waals surface area contributed by atoms with Gasteiger partial charge in [-0.25, -0.2) is 14.4 Å². The number of benzene rings is 3. The Hall–Kier alpha value is -4.46. The van der Waals surface area contributed by atoms with Gasteiger partial charge >= 0.3 is 17.9 Å². The van der Waals surface area contributed by atoms with E-state index >= 15 is 0 Å². The summed E-state index contributed by atoms with van der Waals surface area (Å²) in [5, 5.41) is 2.80. The average Bonchev–Trinajstić information content (AvgIpc) is 3.17. The summed E-state index contributed by atoms with van der Waals surface area (Å²) in [7, 11) is 1.19. The van der Waals surface area contributed by atoms with E-state index in [1.807, 2.05) is 0 Å². The zero-order valence-corrected chi connectivity index (χ0v) is 30.6. The molecule has 0 aliphatic heterocycles. The van der Waals surface area contributed by atoms with Crippen LogP contribution in [0.2, 0.25) is 0 Å². The lowest BCUT2D eigenvalue weighted by Gasteiger charge is -2.37. The molecule has 3 aromatic rings. The van der Waals surface area contributed by atoms with Gasteiger partial charge in [-0.05, 0) is 49.2 Å². The number of esters is 3. The summed E-state index contributed by atoms with van der Waals surface area (Å²) >= 11 is 0. The Kier molecular flexibility index (Phi) is 19.2. The van der Waals surface area contributed by atoms with Crippen LogP contribution in [0.3, 0.4) is 0 Å². The Morgan fingerprint density at radius 1 is 0.569 bits per heavy atom. The highest BCUT2D eigenvalue weighted by Crippen LogP contribution is 2.26. The van der Waals surface area contributed by atoms with E-state index in [0.29, 0.717) is 6.42 Å².